The molecular weight excluding hydrogens is 594 g/mol. The number of nitrogens with one attached hydrogen (secondary N) is 2. The maximum absolute atomic E-state index is 14.3. The summed E-state index contributed by atoms with van der Waals surface area (Å²) in [5, 5.41) is 12.8. The van der Waals surface area contributed by atoms with Gasteiger partial charge in [0.15, 0.2) is 11.6 Å². The zero-order valence-electron chi connectivity index (χ0n) is 24.8. The first-order valence-corrected chi connectivity index (χ1v) is 14.6. The summed E-state index contributed by atoms with van der Waals surface area (Å²) in [4.78, 5) is 22.2. The van der Waals surface area contributed by atoms with E-state index < -0.39 is 29.2 Å². The van der Waals surface area contributed by atoms with Crippen LogP contribution in [0.2, 0.25) is 0 Å². The predicted octanol–water partition coefficient (Wildman–Crippen LogP) is 5.86. The van der Waals surface area contributed by atoms with Gasteiger partial charge in [0, 0.05) is 42.0 Å². The number of ether oxygens (including phenoxy) is 2. The number of carbonyl (C=O) groups excluding carboxylic acids is 1. The standard InChI is InChI=1S/C34H32F2N6O4/c35-29-12-6-13-30(36)28(29)22-38-41-33(44)34(20-23-8-2-1-3-9-23)31(27-11-5-4-10-25(27)21-39-42-37)46-32(40-34)24-14-16-26(17-15-24)45-19-7-18-43/h1-6,8-17,31,38,43H,7,18-22H2,(H,41,44)/t31-,34-/m0/s1. The van der Waals surface area contributed by atoms with Crippen LogP contribution >= 0.6 is 0 Å². The second kappa shape index (κ2) is 15.1. The quantitative estimate of drug-likeness (QED) is 0.0529. The van der Waals surface area contributed by atoms with Gasteiger partial charge >= 0.3 is 0 Å². The van der Waals surface area contributed by atoms with E-state index >= 15 is 0 Å². The number of hydrogen-bond acceptors (Lipinski definition) is 7. The lowest BCUT2D eigenvalue weighted by atomic mass is 9.81. The molecule has 0 saturated carbocycles. The predicted molar refractivity (Wildman–Crippen MR) is 168 cm³/mol. The van der Waals surface area contributed by atoms with E-state index in [2.05, 4.69) is 20.9 Å². The van der Waals surface area contributed by atoms with Crippen LogP contribution in [0.5, 0.6) is 5.75 Å². The number of aliphatic hydroxyl groups excluding tert-OH is 1. The summed E-state index contributed by atoms with van der Waals surface area (Å²) < 4.78 is 40.9. The molecule has 10 nitrogen and oxygen atoms in total. The van der Waals surface area contributed by atoms with Gasteiger partial charge in [-0.15, -0.1) is 0 Å². The maximum Gasteiger partial charge on any atom is 0.266 e. The van der Waals surface area contributed by atoms with Gasteiger partial charge in [-0.25, -0.2) is 19.2 Å². The van der Waals surface area contributed by atoms with Crippen LogP contribution in [-0.2, 0) is 29.0 Å². The van der Waals surface area contributed by atoms with E-state index in [4.69, 9.17) is 25.1 Å². The van der Waals surface area contributed by atoms with Gasteiger partial charge in [0.05, 0.1) is 13.2 Å². The van der Waals surface area contributed by atoms with Crippen molar-refractivity contribution in [2.45, 2.75) is 37.6 Å². The fourth-order valence-corrected chi connectivity index (χ4v) is 5.23. The normalized spacial score (nSPS) is 17.0. The highest BCUT2D eigenvalue weighted by atomic mass is 19.1. The molecule has 12 heteroatoms. The smallest absolute Gasteiger partial charge is 0.266 e. The third-order valence-electron chi connectivity index (χ3n) is 7.52. The van der Waals surface area contributed by atoms with E-state index in [1.807, 2.05) is 30.3 Å². The number of rotatable bonds is 14. The Kier molecular flexibility index (Phi) is 10.6. The minimum absolute atomic E-state index is 0.00951. The van der Waals surface area contributed by atoms with E-state index in [1.54, 1.807) is 48.5 Å². The number of nitrogens with zero attached hydrogens (tertiary/aromatic N) is 4. The van der Waals surface area contributed by atoms with Gasteiger partial charge in [-0.05, 0) is 58.6 Å². The van der Waals surface area contributed by atoms with E-state index in [9.17, 15) is 13.6 Å². The van der Waals surface area contributed by atoms with Gasteiger partial charge in [0.2, 0.25) is 5.90 Å². The molecule has 236 valence electrons. The molecule has 3 N–H and O–H groups in total. The van der Waals surface area contributed by atoms with Gasteiger partial charge in [-0.3, -0.25) is 10.2 Å². The summed E-state index contributed by atoms with van der Waals surface area (Å²) in [6.45, 7) is 0.0525. The van der Waals surface area contributed by atoms with Gasteiger partial charge in [0.1, 0.15) is 17.4 Å². The molecule has 1 aliphatic heterocycles. The van der Waals surface area contributed by atoms with Crippen LogP contribution in [-0.4, -0.2) is 35.7 Å². The molecular formula is C34H32F2N6O4. The number of aliphatic imine (C=N–C) groups is 1. The SMILES string of the molecule is [N-]=[N+]=NCc1ccccc1[C@@H]1OC(c2ccc(OCCCO)cc2)=N[C@]1(Cc1ccccc1)C(=O)NNCc1c(F)cccc1F. The summed E-state index contributed by atoms with van der Waals surface area (Å²) in [7, 11) is 0. The number of carbonyl (C=O) groups is 1. The van der Waals surface area contributed by atoms with Crippen molar-refractivity contribution in [1.29, 1.82) is 0 Å². The van der Waals surface area contributed by atoms with Crippen molar-refractivity contribution in [3.8, 4) is 5.75 Å². The molecule has 2 atom stereocenters. The average Bonchev–Trinajstić information content (AvgIpc) is 3.46. The fourth-order valence-electron chi connectivity index (χ4n) is 5.23. The number of benzene rings is 4. The number of hydrogen-bond donors (Lipinski definition) is 3. The van der Waals surface area contributed by atoms with Crippen molar-refractivity contribution in [2.24, 2.45) is 10.1 Å². The molecule has 5 rings (SSSR count). The van der Waals surface area contributed by atoms with Crippen LogP contribution < -0.4 is 15.6 Å². The number of aliphatic hydroxyl groups is 1. The molecule has 4 aromatic carbocycles. The second-order valence-corrected chi connectivity index (χ2v) is 10.5. The van der Waals surface area contributed by atoms with Gasteiger partial charge in [-0.2, -0.15) is 0 Å². The largest absolute Gasteiger partial charge is 0.494 e. The topological polar surface area (TPSA) is 141 Å². The van der Waals surface area contributed by atoms with Gasteiger partial charge in [0.25, 0.3) is 5.91 Å². The van der Waals surface area contributed by atoms with E-state index in [-0.39, 0.29) is 37.6 Å². The first-order chi connectivity index (χ1) is 22.4. The highest BCUT2D eigenvalue weighted by Crippen LogP contribution is 2.43. The Morgan fingerprint density at radius 2 is 1.72 bits per heavy atom. The highest BCUT2D eigenvalue weighted by molar-refractivity contribution is 6.01. The number of amides is 1. The number of azide groups is 1. The van der Waals surface area contributed by atoms with Crippen molar-refractivity contribution >= 4 is 11.8 Å². The van der Waals surface area contributed by atoms with Crippen LogP contribution in [0.15, 0.2) is 107 Å². The summed E-state index contributed by atoms with van der Waals surface area (Å²) in [5.74, 6) is -1.32. The molecule has 0 fully saturated rings. The van der Waals surface area contributed by atoms with Gasteiger partial charge < -0.3 is 14.6 Å². The molecule has 46 heavy (non-hydrogen) atoms. The minimum atomic E-state index is -1.61. The Balaban J connectivity index is 1.56. The Hall–Kier alpha value is -5.29. The molecule has 4 aromatic rings. The monoisotopic (exact) mass is 626 g/mol. The van der Waals surface area contributed by atoms with Crippen molar-refractivity contribution in [3.05, 3.63) is 147 Å². The van der Waals surface area contributed by atoms with Crippen LogP contribution in [0.4, 0.5) is 8.78 Å². The number of hydrazine groups is 1. The third kappa shape index (κ3) is 7.32. The second-order valence-electron chi connectivity index (χ2n) is 10.5. The molecule has 1 amide bonds. The zero-order valence-corrected chi connectivity index (χ0v) is 24.8. The van der Waals surface area contributed by atoms with Crippen LogP contribution in [0, 0.1) is 11.6 Å². The van der Waals surface area contributed by atoms with Crippen LogP contribution in [0.25, 0.3) is 10.4 Å². The minimum Gasteiger partial charge on any atom is -0.494 e. The molecule has 1 aliphatic rings. The van der Waals surface area contributed by atoms with E-state index in [0.717, 1.165) is 17.7 Å². The maximum atomic E-state index is 14.3. The van der Waals surface area contributed by atoms with Crippen molar-refractivity contribution in [1.82, 2.24) is 10.9 Å². The Morgan fingerprint density at radius 3 is 2.43 bits per heavy atom. The first-order valence-electron chi connectivity index (χ1n) is 14.6. The third-order valence-corrected chi connectivity index (χ3v) is 7.52. The molecule has 0 radical (unpaired) electrons. The summed E-state index contributed by atoms with van der Waals surface area (Å²) >= 11 is 0. The molecule has 0 spiro atoms. The lowest BCUT2D eigenvalue weighted by molar-refractivity contribution is -0.130. The number of halogens is 2. The zero-order chi connectivity index (χ0) is 32.4. The summed E-state index contributed by atoms with van der Waals surface area (Å²) in [6.07, 6.45) is -0.398. The first kappa shape index (κ1) is 32.1. The van der Waals surface area contributed by atoms with Gasteiger partial charge in [-0.1, -0.05) is 65.8 Å². The van der Waals surface area contributed by atoms with Crippen molar-refractivity contribution < 1.29 is 28.2 Å². The Morgan fingerprint density at radius 1 is 1.00 bits per heavy atom. The summed E-state index contributed by atoms with van der Waals surface area (Å²) in [6, 6.07) is 27.0. The molecule has 0 bridgehead atoms. The highest BCUT2D eigenvalue weighted by Gasteiger charge is 2.54. The average molecular weight is 627 g/mol. The molecule has 0 aliphatic carbocycles. The van der Waals surface area contributed by atoms with Crippen LogP contribution in [0.1, 0.15) is 40.3 Å². The molecule has 1 heterocycles. The van der Waals surface area contributed by atoms with E-state index in [1.165, 1.54) is 6.07 Å². The van der Waals surface area contributed by atoms with Crippen molar-refractivity contribution in [2.75, 3.05) is 13.2 Å². The molecule has 0 saturated heterocycles. The lowest BCUT2D eigenvalue weighted by Crippen LogP contribution is -2.54. The van der Waals surface area contributed by atoms with Crippen molar-refractivity contribution in [3.63, 3.8) is 0 Å². The lowest BCUT2D eigenvalue weighted by Gasteiger charge is -2.31. The van der Waals surface area contributed by atoms with Crippen LogP contribution in [0.3, 0.4) is 0 Å². The molecule has 0 aromatic heterocycles. The fraction of sp³-hybridized carbons (Fsp3) is 0.235. The Bertz CT molecular complexity index is 1710. The molecule has 0 unspecified atom stereocenters. The Labute approximate surface area is 264 Å². The van der Waals surface area contributed by atoms with E-state index in [0.29, 0.717) is 35.5 Å². The summed E-state index contributed by atoms with van der Waals surface area (Å²) in [5.41, 5.74) is 15.1.